The lowest BCUT2D eigenvalue weighted by molar-refractivity contribution is 0.284. The van der Waals surface area contributed by atoms with Gasteiger partial charge in [0.25, 0.3) is 0 Å². The van der Waals surface area contributed by atoms with E-state index in [1.54, 1.807) is 0 Å². The van der Waals surface area contributed by atoms with Gasteiger partial charge in [-0.25, -0.2) is 0 Å². The largest absolute Gasteiger partial charge is 0.329 e. The fraction of sp³-hybridized carbons (Fsp3) is 0.714. The van der Waals surface area contributed by atoms with Gasteiger partial charge in [0.1, 0.15) is 0 Å². The van der Waals surface area contributed by atoms with Crippen LogP contribution in [0.3, 0.4) is 0 Å². The maximum Gasteiger partial charge on any atom is 0.0189 e. The van der Waals surface area contributed by atoms with Crippen LogP contribution in [0.1, 0.15) is 74.7 Å². The first-order chi connectivity index (χ1) is 10.1. The minimum atomic E-state index is 0.00311. The van der Waals surface area contributed by atoms with Crippen LogP contribution in [0.2, 0.25) is 0 Å². The number of nitrogens with two attached hydrogens (primary N) is 1. The van der Waals surface area contributed by atoms with Gasteiger partial charge in [-0.05, 0) is 58.3 Å². The second-order valence-electron chi connectivity index (χ2n) is 7.66. The monoisotopic (exact) mass is 305 g/mol. The maximum atomic E-state index is 6.11. The van der Waals surface area contributed by atoms with Gasteiger partial charge < -0.3 is 5.73 Å². The Kier molecular flexibility index (Phi) is 9.00. The highest BCUT2D eigenvalue weighted by atomic mass is 14.6. The molecule has 0 rings (SSSR count). The Hall–Kier alpha value is -0.820. The van der Waals surface area contributed by atoms with E-state index in [1.165, 1.54) is 17.6 Å². The van der Waals surface area contributed by atoms with Gasteiger partial charge >= 0.3 is 0 Å². The average molecular weight is 306 g/mol. The molecule has 2 atom stereocenters. The van der Waals surface area contributed by atoms with Gasteiger partial charge in [-0.1, -0.05) is 63.1 Å². The molecule has 0 aliphatic heterocycles. The van der Waals surface area contributed by atoms with Gasteiger partial charge in [0.05, 0.1) is 0 Å². The maximum absolute atomic E-state index is 6.11. The number of allylic oxidation sites excluding steroid dienone is 4. The number of hydrogen-bond donors (Lipinski definition) is 1. The summed E-state index contributed by atoms with van der Waals surface area (Å²) in [5.41, 5.74) is 9.24. The molecule has 2 unspecified atom stereocenters. The normalized spacial score (nSPS) is 18.4. The highest BCUT2D eigenvalue weighted by molar-refractivity contribution is 5.17. The molecule has 0 saturated carbocycles. The molecule has 0 aliphatic rings. The molecule has 0 aromatic heterocycles. The SMILES string of the molecule is C/C=C\C(C=C(C)C)(CN)CC/C(C)=C/C(C)(CC)C(C)C. The van der Waals surface area contributed by atoms with Crippen molar-refractivity contribution < 1.29 is 0 Å². The van der Waals surface area contributed by atoms with Crippen LogP contribution in [0, 0.1) is 16.7 Å². The van der Waals surface area contributed by atoms with Crippen LogP contribution < -0.4 is 5.73 Å². The van der Waals surface area contributed by atoms with Crippen LogP contribution in [-0.2, 0) is 0 Å². The van der Waals surface area contributed by atoms with E-state index >= 15 is 0 Å². The zero-order valence-corrected chi connectivity index (χ0v) is 16.3. The summed E-state index contributed by atoms with van der Waals surface area (Å²) < 4.78 is 0. The third kappa shape index (κ3) is 6.52. The number of hydrogen-bond acceptors (Lipinski definition) is 1. The van der Waals surface area contributed by atoms with Gasteiger partial charge in [0.15, 0.2) is 0 Å². The van der Waals surface area contributed by atoms with Crippen LogP contribution in [0.15, 0.2) is 35.5 Å². The van der Waals surface area contributed by atoms with E-state index in [0.717, 1.165) is 12.8 Å². The van der Waals surface area contributed by atoms with Crippen LogP contribution in [0.4, 0.5) is 0 Å². The third-order valence-corrected chi connectivity index (χ3v) is 5.10. The zero-order chi connectivity index (χ0) is 17.4. The predicted octanol–water partition coefficient (Wildman–Crippen LogP) is 6.27. The van der Waals surface area contributed by atoms with Crippen LogP contribution in [0.25, 0.3) is 0 Å². The van der Waals surface area contributed by atoms with Crippen molar-refractivity contribution in [3.63, 3.8) is 0 Å². The fourth-order valence-corrected chi connectivity index (χ4v) is 3.08. The Bertz CT molecular complexity index is 410. The summed E-state index contributed by atoms with van der Waals surface area (Å²) in [7, 11) is 0. The van der Waals surface area contributed by atoms with Crippen LogP contribution in [0.5, 0.6) is 0 Å². The van der Waals surface area contributed by atoms with Gasteiger partial charge in [-0.2, -0.15) is 0 Å². The van der Waals surface area contributed by atoms with E-state index < -0.39 is 0 Å². The van der Waals surface area contributed by atoms with E-state index in [1.807, 2.05) is 0 Å². The molecular weight excluding hydrogens is 266 g/mol. The first-order valence-electron chi connectivity index (χ1n) is 8.83. The first-order valence-corrected chi connectivity index (χ1v) is 8.83. The molecule has 0 spiro atoms. The quantitative estimate of drug-likeness (QED) is 0.499. The zero-order valence-electron chi connectivity index (χ0n) is 16.3. The van der Waals surface area contributed by atoms with E-state index in [2.05, 4.69) is 79.7 Å². The average Bonchev–Trinajstić information content (AvgIpc) is 2.44. The van der Waals surface area contributed by atoms with Crippen molar-refractivity contribution in [3.8, 4) is 0 Å². The molecule has 0 radical (unpaired) electrons. The second kappa shape index (κ2) is 9.35. The molecule has 22 heavy (non-hydrogen) atoms. The first kappa shape index (κ1) is 21.2. The van der Waals surface area contributed by atoms with Crippen molar-refractivity contribution in [1.29, 1.82) is 0 Å². The van der Waals surface area contributed by atoms with Crippen molar-refractivity contribution in [2.24, 2.45) is 22.5 Å². The molecule has 1 nitrogen and oxygen atoms in total. The lowest BCUT2D eigenvalue weighted by Gasteiger charge is -2.31. The number of rotatable bonds is 9. The van der Waals surface area contributed by atoms with E-state index in [0.29, 0.717) is 17.9 Å². The van der Waals surface area contributed by atoms with Crippen LogP contribution in [-0.4, -0.2) is 6.54 Å². The lowest BCUT2D eigenvalue weighted by Crippen LogP contribution is -2.27. The third-order valence-electron chi connectivity index (χ3n) is 5.10. The molecule has 0 amide bonds. The minimum Gasteiger partial charge on any atom is -0.329 e. The van der Waals surface area contributed by atoms with Gasteiger partial charge in [0, 0.05) is 12.0 Å². The molecule has 0 saturated heterocycles. The van der Waals surface area contributed by atoms with Crippen LogP contribution >= 0.6 is 0 Å². The Morgan fingerprint density at radius 1 is 1.14 bits per heavy atom. The minimum absolute atomic E-state index is 0.00311. The molecule has 1 heteroatoms. The highest BCUT2D eigenvalue weighted by Crippen LogP contribution is 2.36. The second-order valence-corrected chi connectivity index (χ2v) is 7.66. The summed E-state index contributed by atoms with van der Waals surface area (Å²) in [6.45, 7) is 18.6. The summed E-state index contributed by atoms with van der Waals surface area (Å²) in [4.78, 5) is 0. The fourth-order valence-electron chi connectivity index (χ4n) is 3.08. The Labute approximate surface area is 139 Å². The van der Waals surface area contributed by atoms with Gasteiger partial charge in [0.2, 0.25) is 0 Å². The van der Waals surface area contributed by atoms with Crippen molar-refractivity contribution >= 4 is 0 Å². The Morgan fingerprint density at radius 3 is 2.09 bits per heavy atom. The summed E-state index contributed by atoms with van der Waals surface area (Å²) >= 11 is 0. The molecule has 128 valence electrons. The van der Waals surface area contributed by atoms with E-state index in [9.17, 15) is 0 Å². The summed E-state index contributed by atoms with van der Waals surface area (Å²) in [6.07, 6.45) is 12.6. The molecule has 0 aliphatic carbocycles. The summed E-state index contributed by atoms with van der Waals surface area (Å²) in [5, 5.41) is 0. The standard InChI is InChI=1S/C21H39N/c1-9-12-21(16-22,14-17(3)4)13-11-19(7)15-20(8,10-2)18(5)6/h9,12,14-15,18H,10-11,13,16,22H2,1-8H3/b12-9-,19-15+. The molecule has 2 N–H and O–H groups in total. The molecular formula is C21H39N. The summed E-state index contributed by atoms with van der Waals surface area (Å²) in [5.74, 6) is 0.667. The van der Waals surface area contributed by atoms with Crippen molar-refractivity contribution in [3.05, 3.63) is 35.5 Å². The Balaban J connectivity index is 5.18. The molecule has 0 bridgehead atoms. The van der Waals surface area contributed by atoms with Gasteiger partial charge in [-0.15, -0.1) is 0 Å². The molecule has 0 fully saturated rings. The molecule has 0 aromatic rings. The van der Waals surface area contributed by atoms with Crippen molar-refractivity contribution in [1.82, 2.24) is 0 Å². The lowest BCUT2D eigenvalue weighted by atomic mass is 9.74. The van der Waals surface area contributed by atoms with E-state index in [-0.39, 0.29) is 5.41 Å². The van der Waals surface area contributed by atoms with E-state index in [4.69, 9.17) is 5.73 Å². The highest BCUT2D eigenvalue weighted by Gasteiger charge is 2.25. The predicted molar refractivity (Wildman–Crippen MR) is 102 cm³/mol. The molecule has 0 heterocycles. The topological polar surface area (TPSA) is 26.0 Å². The smallest absolute Gasteiger partial charge is 0.0189 e. The van der Waals surface area contributed by atoms with Crippen molar-refractivity contribution in [2.45, 2.75) is 74.7 Å². The van der Waals surface area contributed by atoms with Gasteiger partial charge in [-0.3, -0.25) is 0 Å². The van der Waals surface area contributed by atoms with Crippen molar-refractivity contribution in [2.75, 3.05) is 6.54 Å². The summed E-state index contributed by atoms with van der Waals surface area (Å²) in [6, 6.07) is 0. The molecule has 0 aromatic carbocycles. The Morgan fingerprint density at radius 2 is 1.73 bits per heavy atom.